The van der Waals surface area contributed by atoms with Crippen molar-refractivity contribution in [2.24, 2.45) is 15.0 Å². The Morgan fingerprint density at radius 1 is 1.78 bits per heavy atom. The third-order valence-corrected chi connectivity index (χ3v) is 0.683. The molecule has 1 rings (SSSR count). The standard InChI is InChI=1S/C4H2N4O/c5-4-6-1-3(8-4)7-2-9/h1,5H. The second-order valence-electron chi connectivity index (χ2n) is 1.25. The van der Waals surface area contributed by atoms with Crippen LogP contribution in [-0.2, 0) is 4.79 Å². The van der Waals surface area contributed by atoms with Crippen LogP contribution in [0.15, 0.2) is 15.0 Å². The van der Waals surface area contributed by atoms with E-state index in [0.29, 0.717) is 0 Å². The van der Waals surface area contributed by atoms with Crippen molar-refractivity contribution in [3.8, 4) is 0 Å². The van der Waals surface area contributed by atoms with Gasteiger partial charge in [0.05, 0.1) is 6.21 Å². The Bertz CT molecular complexity index is 245. The molecule has 1 heterocycles. The molecule has 0 aromatic rings. The van der Waals surface area contributed by atoms with E-state index in [0.717, 1.165) is 0 Å². The van der Waals surface area contributed by atoms with Gasteiger partial charge >= 0.3 is 0 Å². The molecule has 5 nitrogen and oxygen atoms in total. The molecular formula is C4H2N4O. The first-order chi connectivity index (χ1) is 4.33. The number of hydrogen-bond acceptors (Lipinski definition) is 3. The fourth-order valence-electron chi connectivity index (χ4n) is 0.386. The van der Waals surface area contributed by atoms with E-state index in [2.05, 4.69) is 15.0 Å². The Balaban J connectivity index is 2.87. The van der Waals surface area contributed by atoms with Gasteiger partial charge in [0.25, 0.3) is 0 Å². The summed E-state index contributed by atoms with van der Waals surface area (Å²) < 4.78 is 0. The number of nitrogens with one attached hydrogen (secondary N) is 1. The van der Waals surface area contributed by atoms with Crippen LogP contribution in [0.25, 0.3) is 0 Å². The highest BCUT2D eigenvalue weighted by Crippen LogP contribution is 1.89. The molecule has 1 aliphatic rings. The molecule has 0 amide bonds. The molecule has 0 spiro atoms. The summed E-state index contributed by atoms with van der Waals surface area (Å²) in [7, 11) is 0. The van der Waals surface area contributed by atoms with E-state index >= 15 is 0 Å². The lowest BCUT2D eigenvalue weighted by Gasteiger charge is -1.72. The number of amidine groups is 1. The zero-order chi connectivity index (χ0) is 6.69. The maximum Gasteiger partial charge on any atom is 0.244 e. The molecule has 0 atom stereocenters. The molecule has 0 saturated carbocycles. The van der Waals surface area contributed by atoms with Crippen LogP contribution in [0.5, 0.6) is 0 Å². The first kappa shape index (κ1) is 5.53. The van der Waals surface area contributed by atoms with Crippen molar-refractivity contribution in [1.82, 2.24) is 0 Å². The third-order valence-electron chi connectivity index (χ3n) is 0.683. The van der Waals surface area contributed by atoms with E-state index in [4.69, 9.17) is 5.41 Å². The second-order valence-corrected chi connectivity index (χ2v) is 1.25. The number of rotatable bonds is 0. The number of carbonyl (C=O) groups excluding carboxylic acids is 1. The Morgan fingerprint density at radius 2 is 2.56 bits per heavy atom. The predicted molar refractivity (Wildman–Crippen MR) is 31.8 cm³/mol. The Morgan fingerprint density at radius 3 is 3.00 bits per heavy atom. The van der Waals surface area contributed by atoms with Crippen LogP contribution in [0.3, 0.4) is 0 Å². The van der Waals surface area contributed by atoms with Crippen molar-refractivity contribution in [3.05, 3.63) is 0 Å². The van der Waals surface area contributed by atoms with Crippen LogP contribution in [-0.4, -0.2) is 24.1 Å². The molecule has 0 aliphatic carbocycles. The fourth-order valence-corrected chi connectivity index (χ4v) is 0.386. The van der Waals surface area contributed by atoms with Gasteiger partial charge in [0.15, 0.2) is 5.84 Å². The minimum Gasteiger partial charge on any atom is -0.265 e. The zero-order valence-electron chi connectivity index (χ0n) is 4.33. The summed E-state index contributed by atoms with van der Waals surface area (Å²) in [6.45, 7) is 0. The highest BCUT2D eigenvalue weighted by Gasteiger charge is 2.01. The molecule has 0 saturated heterocycles. The van der Waals surface area contributed by atoms with Gasteiger partial charge < -0.3 is 0 Å². The molecule has 9 heavy (non-hydrogen) atoms. The van der Waals surface area contributed by atoms with Crippen LogP contribution in [0.4, 0.5) is 0 Å². The largest absolute Gasteiger partial charge is 0.265 e. The lowest BCUT2D eigenvalue weighted by Crippen LogP contribution is -1.88. The van der Waals surface area contributed by atoms with E-state index in [1.165, 1.54) is 12.3 Å². The van der Waals surface area contributed by atoms with Crippen LogP contribution in [0, 0.1) is 5.41 Å². The summed E-state index contributed by atoms with van der Waals surface area (Å²) in [5, 5.41) is 6.78. The van der Waals surface area contributed by atoms with Gasteiger partial charge in [0, 0.05) is 0 Å². The summed E-state index contributed by atoms with van der Waals surface area (Å²) in [5.74, 6) is -0.000926. The molecule has 0 bridgehead atoms. The minimum absolute atomic E-state index is 0.134. The minimum atomic E-state index is -0.135. The van der Waals surface area contributed by atoms with Crippen molar-refractivity contribution in [2.45, 2.75) is 0 Å². The fraction of sp³-hybridized carbons (Fsp3) is 0. The number of isocyanates is 1. The maximum absolute atomic E-state index is 9.56. The van der Waals surface area contributed by atoms with Crippen LogP contribution in [0.1, 0.15) is 0 Å². The number of hydrogen-bond donors (Lipinski definition) is 1. The third kappa shape index (κ3) is 1.14. The van der Waals surface area contributed by atoms with E-state index in [9.17, 15) is 4.79 Å². The second kappa shape index (κ2) is 2.11. The van der Waals surface area contributed by atoms with E-state index in [1.54, 1.807) is 0 Å². The first-order valence-corrected chi connectivity index (χ1v) is 2.12. The van der Waals surface area contributed by atoms with Gasteiger partial charge in [-0.05, 0) is 0 Å². The molecular weight excluding hydrogens is 120 g/mol. The summed E-state index contributed by atoms with van der Waals surface area (Å²) in [5.41, 5.74) is 0. The number of aliphatic imine (C=N–C) groups is 3. The SMILES string of the molecule is N=C1N=CC(N=C=O)=N1. The van der Waals surface area contributed by atoms with Gasteiger partial charge in [-0.3, -0.25) is 5.41 Å². The molecule has 5 heteroatoms. The van der Waals surface area contributed by atoms with Gasteiger partial charge in [-0.25, -0.2) is 9.79 Å². The molecule has 44 valence electrons. The van der Waals surface area contributed by atoms with Crippen molar-refractivity contribution in [1.29, 1.82) is 5.41 Å². The average molecular weight is 122 g/mol. The average Bonchev–Trinajstić information content (AvgIpc) is 2.17. The van der Waals surface area contributed by atoms with E-state index in [-0.39, 0.29) is 11.8 Å². The van der Waals surface area contributed by atoms with Gasteiger partial charge in [0.1, 0.15) is 0 Å². The summed E-state index contributed by atoms with van der Waals surface area (Å²) in [6, 6.07) is 0. The highest BCUT2D eigenvalue weighted by atomic mass is 16.1. The normalized spacial score (nSPS) is 15.1. The Kier molecular flexibility index (Phi) is 1.29. The van der Waals surface area contributed by atoms with Gasteiger partial charge in [-0.1, -0.05) is 0 Å². The summed E-state index contributed by atoms with van der Waals surface area (Å²) >= 11 is 0. The van der Waals surface area contributed by atoms with Crippen molar-refractivity contribution in [3.63, 3.8) is 0 Å². The van der Waals surface area contributed by atoms with Crippen molar-refractivity contribution >= 4 is 24.1 Å². The zero-order valence-corrected chi connectivity index (χ0v) is 4.33. The topological polar surface area (TPSA) is 78.0 Å². The van der Waals surface area contributed by atoms with Gasteiger partial charge in [-0.2, -0.15) is 4.99 Å². The molecule has 0 aromatic carbocycles. The summed E-state index contributed by atoms with van der Waals surface area (Å²) in [6.07, 6.45) is 2.52. The molecule has 1 aliphatic heterocycles. The number of guanidine groups is 1. The smallest absolute Gasteiger partial charge is 0.244 e. The first-order valence-electron chi connectivity index (χ1n) is 2.12. The molecule has 1 N–H and O–H groups in total. The highest BCUT2D eigenvalue weighted by molar-refractivity contribution is 6.37. The van der Waals surface area contributed by atoms with Crippen molar-refractivity contribution in [2.75, 3.05) is 0 Å². The summed E-state index contributed by atoms with van der Waals surface area (Å²) in [4.78, 5) is 19.5. The van der Waals surface area contributed by atoms with Crippen LogP contribution in [0.2, 0.25) is 0 Å². The lowest BCUT2D eigenvalue weighted by molar-refractivity contribution is 0.566. The van der Waals surface area contributed by atoms with Gasteiger partial charge in [-0.15, -0.1) is 4.99 Å². The van der Waals surface area contributed by atoms with E-state index < -0.39 is 0 Å². The molecule has 0 fully saturated rings. The monoisotopic (exact) mass is 122 g/mol. The van der Waals surface area contributed by atoms with Crippen LogP contribution >= 0.6 is 0 Å². The Hall–Kier alpha value is -1.61. The molecule has 0 radical (unpaired) electrons. The molecule has 0 unspecified atom stereocenters. The number of nitrogens with zero attached hydrogens (tertiary/aromatic N) is 3. The molecule has 0 aromatic heterocycles. The van der Waals surface area contributed by atoms with Crippen molar-refractivity contribution < 1.29 is 4.79 Å². The van der Waals surface area contributed by atoms with E-state index in [1.807, 2.05) is 0 Å². The lowest BCUT2D eigenvalue weighted by atomic mass is 10.7. The Labute approximate surface area is 50.4 Å². The quantitative estimate of drug-likeness (QED) is 0.348. The maximum atomic E-state index is 9.56. The predicted octanol–water partition coefficient (Wildman–Crippen LogP) is -0.260. The van der Waals surface area contributed by atoms with Gasteiger partial charge in [0.2, 0.25) is 12.0 Å². The van der Waals surface area contributed by atoms with Crippen LogP contribution < -0.4 is 0 Å².